The summed E-state index contributed by atoms with van der Waals surface area (Å²) in [6.07, 6.45) is 2.06. The van der Waals surface area contributed by atoms with E-state index in [0.717, 1.165) is 22.2 Å². The van der Waals surface area contributed by atoms with E-state index in [2.05, 4.69) is 0 Å². The van der Waals surface area contributed by atoms with E-state index in [4.69, 9.17) is 31.5 Å². The number of thiocarbonyl (C=S) groups is 1. The zero-order valence-electron chi connectivity index (χ0n) is 19.6. The minimum Gasteiger partial charge on any atom is -0.493 e. The van der Waals surface area contributed by atoms with Gasteiger partial charge in [0.1, 0.15) is 23.2 Å². The number of rotatable bonds is 9. The predicted molar refractivity (Wildman–Crippen MR) is 138 cm³/mol. The largest absolute Gasteiger partial charge is 0.493 e. The van der Waals surface area contributed by atoms with Crippen LogP contribution in [0.2, 0.25) is 0 Å². The normalized spacial score (nSPS) is 18.7. The summed E-state index contributed by atoms with van der Waals surface area (Å²) in [6, 6.07) is 12.9. The maximum Gasteiger partial charge on any atom is 0.410 e. The van der Waals surface area contributed by atoms with Gasteiger partial charge in [-0.3, -0.25) is 14.5 Å². The summed E-state index contributed by atoms with van der Waals surface area (Å²) < 4.78 is 16.8. The third-order valence-corrected chi connectivity index (χ3v) is 7.07. The smallest absolute Gasteiger partial charge is 0.410 e. The Balaban J connectivity index is 1.44. The van der Waals surface area contributed by atoms with Crippen LogP contribution in [0.4, 0.5) is 4.79 Å². The number of likely N-dealkylation sites (N-methyl/N-ethyl adjacent to an activating group) is 1. The molecule has 0 radical (unpaired) electrons. The highest BCUT2D eigenvalue weighted by Gasteiger charge is 2.33. The highest BCUT2D eigenvalue weighted by atomic mass is 32.2. The van der Waals surface area contributed by atoms with Crippen molar-refractivity contribution < 1.29 is 33.7 Å². The maximum atomic E-state index is 12.5. The molecule has 0 spiro atoms. The lowest BCUT2D eigenvalue weighted by Gasteiger charge is -2.19. The second kappa shape index (κ2) is 11.0. The standard InChI is InChI=1S/C25H24N2O7S2/c1-3-26-17(14-33-24(26)31)10-15-4-7-18(8-5-15)34-19-9-6-16(11-20(19)32-2)12-21-23(30)27(13-22(28)29)25(35)36-21/h4-9,11-12,17H,3,10,13-14H2,1-2H3,(H,28,29). The summed E-state index contributed by atoms with van der Waals surface area (Å²) in [5.41, 5.74) is 1.74. The molecule has 0 aromatic heterocycles. The molecule has 2 heterocycles. The minimum absolute atomic E-state index is 0.0199. The molecule has 1 atom stereocenters. The lowest BCUT2D eigenvalue weighted by molar-refractivity contribution is -0.140. The van der Waals surface area contributed by atoms with Crippen LogP contribution in [0.1, 0.15) is 18.1 Å². The number of thioether (sulfide) groups is 1. The fourth-order valence-electron chi connectivity index (χ4n) is 3.92. The van der Waals surface area contributed by atoms with E-state index in [1.807, 2.05) is 31.2 Å². The van der Waals surface area contributed by atoms with Crippen LogP contribution in [0.5, 0.6) is 17.2 Å². The van der Waals surface area contributed by atoms with Crippen LogP contribution in [0.15, 0.2) is 47.4 Å². The zero-order chi connectivity index (χ0) is 25.8. The Morgan fingerprint density at radius 2 is 1.97 bits per heavy atom. The Morgan fingerprint density at radius 3 is 2.64 bits per heavy atom. The molecule has 2 aromatic carbocycles. The second-order valence-electron chi connectivity index (χ2n) is 8.04. The van der Waals surface area contributed by atoms with Gasteiger partial charge in [0, 0.05) is 6.54 Å². The highest BCUT2D eigenvalue weighted by molar-refractivity contribution is 8.26. The monoisotopic (exact) mass is 528 g/mol. The Hall–Kier alpha value is -3.57. The molecule has 2 aliphatic heterocycles. The van der Waals surface area contributed by atoms with E-state index >= 15 is 0 Å². The molecular weight excluding hydrogens is 504 g/mol. The van der Waals surface area contributed by atoms with Crippen molar-refractivity contribution in [1.82, 2.24) is 9.80 Å². The zero-order valence-corrected chi connectivity index (χ0v) is 21.3. The number of benzene rings is 2. The third kappa shape index (κ3) is 5.63. The van der Waals surface area contributed by atoms with Crippen molar-refractivity contribution in [3.05, 3.63) is 58.5 Å². The summed E-state index contributed by atoms with van der Waals surface area (Å²) in [7, 11) is 1.52. The number of cyclic esters (lactones) is 1. The number of methoxy groups -OCH3 is 1. The number of carboxylic acids is 1. The molecule has 4 rings (SSSR count). The molecule has 2 amide bonds. The lowest BCUT2D eigenvalue weighted by atomic mass is 10.1. The van der Waals surface area contributed by atoms with Crippen molar-refractivity contribution in [1.29, 1.82) is 0 Å². The van der Waals surface area contributed by atoms with Crippen LogP contribution in [0.25, 0.3) is 6.08 Å². The summed E-state index contributed by atoms with van der Waals surface area (Å²) in [5, 5.41) is 8.98. The first-order valence-electron chi connectivity index (χ1n) is 11.1. The van der Waals surface area contributed by atoms with Crippen LogP contribution < -0.4 is 9.47 Å². The van der Waals surface area contributed by atoms with Gasteiger partial charge in [0.05, 0.1) is 18.1 Å². The Kier molecular flexibility index (Phi) is 7.80. The van der Waals surface area contributed by atoms with E-state index in [1.54, 1.807) is 29.2 Å². The molecule has 36 heavy (non-hydrogen) atoms. The first-order chi connectivity index (χ1) is 17.3. The molecule has 1 N–H and O–H groups in total. The maximum absolute atomic E-state index is 12.5. The van der Waals surface area contributed by atoms with E-state index < -0.39 is 18.4 Å². The first kappa shape index (κ1) is 25.5. The molecule has 188 valence electrons. The summed E-state index contributed by atoms with van der Waals surface area (Å²) in [4.78, 5) is 38.4. The number of amides is 2. The first-order valence-corrected chi connectivity index (χ1v) is 12.4. The fraction of sp³-hybridized carbons (Fsp3) is 0.280. The minimum atomic E-state index is -1.13. The Morgan fingerprint density at radius 1 is 1.22 bits per heavy atom. The molecule has 11 heteroatoms. The van der Waals surface area contributed by atoms with Gasteiger partial charge in [0.25, 0.3) is 5.91 Å². The molecule has 9 nitrogen and oxygen atoms in total. The summed E-state index contributed by atoms with van der Waals surface area (Å²) in [5.74, 6) is 0.00368. The van der Waals surface area contributed by atoms with E-state index in [-0.39, 0.29) is 16.5 Å². The van der Waals surface area contributed by atoms with Crippen molar-refractivity contribution in [2.24, 2.45) is 0 Å². The lowest BCUT2D eigenvalue weighted by Crippen LogP contribution is -2.34. The molecule has 2 aromatic rings. The van der Waals surface area contributed by atoms with Crippen LogP contribution in [0, 0.1) is 0 Å². The number of carbonyl (C=O) groups is 3. The van der Waals surface area contributed by atoms with Crippen LogP contribution >= 0.6 is 24.0 Å². The van der Waals surface area contributed by atoms with Gasteiger partial charge in [-0.25, -0.2) is 4.79 Å². The quantitative estimate of drug-likeness (QED) is 0.379. The number of nitrogens with zero attached hydrogens (tertiary/aromatic N) is 2. The average molecular weight is 529 g/mol. The molecule has 0 saturated carbocycles. The Labute approximate surface area is 217 Å². The van der Waals surface area contributed by atoms with Crippen molar-refractivity contribution in [2.45, 2.75) is 19.4 Å². The van der Waals surface area contributed by atoms with Crippen molar-refractivity contribution >= 4 is 52.3 Å². The van der Waals surface area contributed by atoms with Gasteiger partial charge in [-0.2, -0.15) is 0 Å². The van der Waals surface area contributed by atoms with Crippen LogP contribution in [-0.2, 0) is 20.7 Å². The molecule has 2 fully saturated rings. The topological polar surface area (TPSA) is 106 Å². The van der Waals surface area contributed by atoms with Gasteiger partial charge in [-0.1, -0.05) is 42.2 Å². The second-order valence-corrected chi connectivity index (χ2v) is 9.71. The molecule has 0 bridgehead atoms. The van der Waals surface area contributed by atoms with Crippen LogP contribution in [-0.4, -0.2) is 70.0 Å². The van der Waals surface area contributed by atoms with Gasteiger partial charge < -0.3 is 24.2 Å². The van der Waals surface area contributed by atoms with Crippen molar-refractivity contribution in [2.75, 3.05) is 26.8 Å². The molecule has 2 aliphatic rings. The van der Waals surface area contributed by atoms with Gasteiger partial charge in [-0.15, -0.1) is 0 Å². The van der Waals surface area contributed by atoms with Gasteiger partial charge in [0.2, 0.25) is 0 Å². The number of aliphatic carboxylic acids is 1. The predicted octanol–water partition coefficient (Wildman–Crippen LogP) is 4.16. The van der Waals surface area contributed by atoms with E-state index in [9.17, 15) is 14.4 Å². The number of hydrogen-bond donors (Lipinski definition) is 1. The number of ether oxygens (including phenoxy) is 3. The SMILES string of the molecule is CCN1C(=O)OCC1Cc1ccc(Oc2ccc(C=C3SC(=S)N(CC(=O)O)C3=O)cc2OC)cc1. The molecular formula is C25H24N2O7S2. The Bertz CT molecular complexity index is 1230. The van der Waals surface area contributed by atoms with E-state index in [1.165, 1.54) is 7.11 Å². The third-order valence-electron chi connectivity index (χ3n) is 5.69. The average Bonchev–Trinajstić information content (AvgIpc) is 3.33. The van der Waals surface area contributed by atoms with Crippen molar-refractivity contribution in [3.63, 3.8) is 0 Å². The number of carboxylic acid groups (broad SMARTS) is 1. The fourth-order valence-corrected chi connectivity index (χ4v) is 5.17. The van der Waals surface area contributed by atoms with Crippen molar-refractivity contribution in [3.8, 4) is 17.2 Å². The van der Waals surface area contributed by atoms with Gasteiger partial charge in [-0.05, 0) is 54.8 Å². The number of hydrogen-bond acceptors (Lipinski definition) is 8. The molecule has 1 unspecified atom stereocenters. The van der Waals surface area contributed by atoms with Gasteiger partial charge >= 0.3 is 12.1 Å². The molecule has 2 saturated heterocycles. The molecule has 0 aliphatic carbocycles. The number of carbonyl (C=O) groups excluding carboxylic acids is 2. The summed E-state index contributed by atoms with van der Waals surface area (Å²) in [6.45, 7) is 2.45. The summed E-state index contributed by atoms with van der Waals surface area (Å²) >= 11 is 6.19. The highest BCUT2D eigenvalue weighted by Crippen LogP contribution is 2.36. The van der Waals surface area contributed by atoms with Gasteiger partial charge in [0.15, 0.2) is 11.5 Å². The van der Waals surface area contributed by atoms with Crippen LogP contribution in [0.3, 0.4) is 0 Å². The van der Waals surface area contributed by atoms with E-state index in [0.29, 0.717) is 47.3 Å².